The number of hydrogen-bond donors (Lipinski definition) is 1. The minimum absolute atomic E-state index is 0.224. The van der Waals surface area contributed by atoms with Gasteiger partial charge >= 0.3 is 17.7 Å². The Morgan fingerprint density at radius 1 is 1.03 bits per heavy atom. The van der Waals surface area contributed by atoms with E-state index >= 15 is 0 Å². The molecular weight excluding hydrogens is 374 g/mol. The molecule has 0 saturated heterocycles. The van der Waals surface area contributed by atoms with Crippen LogP contribution in [-0.4, -0.2) is 23.7 Å². The Bertz CT molecular complexity index is 997. The number of alkyl carbamates (subject to hydrolysis) is 1. The van der Waals surface area contributed by atoms with Crippen molar-refractivity contribution in [1.29, 1.82) is 0 Å². The molecule has 2 aromatic rings. The van der Waals surface area contributed by atoms with Crippen LogP contribution in [-0.2, 0) is 9.53 Å². The average Bonchev–Trinajstić information content (AvgIpc) is 2.58. The van der Waals surface area contributed by atoms with Crippen LogP contribution in [0.25, 0.3) is 11.0 Å². The van der Waals surface area contributed by atoms with Crippen LogP contribution >= 0.6 is 0 Å². The lowest BCUT2D eigenvalue weighted by Gasteiger charge is -2.24. The first-order valence-corrected chi connectivity index (χ1v) is 9.56. The van der Waals surface area contributed by atoms with Gasteiger partial charge in [0.05, 0.1) is 0 Å². The lowest BCUT2D eigenvalue weighted by atomic mass is 10.0. The Kier molecular flexibility index (Phi) is 6.40. The van der Waals surface area contributed by atoms with E-state index in [0.717, 1.165) is 10.9 Å². The molecule has 0 bridgehead atoms. The van der Waals surface area contributed by atoms with Gasteiger partial charge in [-0.2, -0.15) is 0 Å². The van der Waals surface area contributed by atoms with Crippen molar-refractivity contribution in [3.05, 3.63) is 39.2 Å². The topological polar surface area (TPSA) is 94.8 Å². The van der Waals surface area contributed by atoms with Crippen molar-refractivity contribution in [3.8, 4) is 5.75 Å². The standard InChI is InChI=1S/C22H29NO6/c1-11(2)17(23-21(26)29-22(6,7)8)20(25)27-16-10-9-15-12(3)13(4)19(24)28-18(15)14(16)5/h9-11,17H,1-8H3,(H,23,26)/t17-/m1/s1. The molecule has 1 aromatic heterocycles. The van der Waals surface area contributed by atoms with Gasteiger partial charge in [0.2, 0.25) is 0 Å². The van der Waals surface area contributed by atoms with Gasteiger partial charge in [-0.3, -0.25) is 0 Å². The molecule has 0 aliphatic rings. The lowest BCUT2D eigenvalue weighted by molar-refractivity contribution is -0.138. The van der Waals surface area contributed by atoms with Gasteiger partial charge in [-0.25, -0.2) is 14.4 Å². The number of esters is 1. The molecule has 0 aliphatic carbocycles. The summed E-state index contributed by atoms with van der Waals surface area (Å²) < 4.78 is 16.2. The number of hydrogen-bond acceptors (Lipinski definition) is 6. The first kappa shape index (κ1) is 22.5. The van der Waals surface area contributed by atoms with Crippen LogP contribution in [0.2, 0.25) is 0 Å². The highest BCUT2D eigenvalue weighted by atomic mass is 16.6. The first-order chi connectivity index (χ1) is 13.3. The van der Waals surface area contributed by atoms with Crippen LogP contribution in [0.4, 0.5) is 4.79 Å². The number of ether oxygens (including phenoxy) is 2. The summed E-state index contributed by atoms with van der Waals surface area (Å²) in [6, 6.07) is 2.51. The fourth-order valence-corrected chi connectivity index (χ4v) is 2.84. The number of fused-ring (bicyclic) bond motifs is 1. The van der Waals surface area contributed by atoms with Gasteiger partial charge in [0.15, 0.2) is 0 Å². The molecule has 0 saturated carbocycles. The zero-order chi connectivity index (χ0) is 22.1. The number of carbonyl (C=O) groups is 2. The van der Waals surface area contributed by atoms with E-state index < -0.39 is 29.3 Å². The quantitative estimate of drug-likeness (QED) is 0.468. The van der Waals surface area contributed by atoms with Crippen molar-refractivity contribution in [2.24, 2.45) is 5.92 Å². The zero-order valence-electron chi connectivity index (χ0n) is 18.3. The summed E-state index contributed by atoms with van der Waals surface area (Å²) in [5.74, 6) is -0.580. The fourth-order valence-electron chi connectivity index (χ4n) is 2.84. The maximum atomic E-state index is 12.7. The van der Waals surface area contributed by atoms with Gasteiger partial charge in [0.1, 0.15) is 23.0 Å². The molecule has 0 aliphatic heterocycles. The molecule has 7 nitrogen and oxygen atoms in total. The van der Waals surface area contributed by atoms with Gasteiger partial charge in [0.25, 0.3) is 0 Å². The Morgan fingerprint density at radius 3 is 2.21 bits per heavy atom. The van der Waals surface area contributed by atoms with E-state index in [4.69, 9.17) is 13.9 Å². The Hall–Kier alpha value is -2.83. The second-order valence-electron chi connectivity index (χ2n) is 8.49. The summed E-state index contributed by atoms with van der Waals surface area (Å²) in [5.41, 5.74) is 1.18. The third kappa shape index (κ3) is 5.16. The average molecular weight is 403 g/mol. The zero-order valence-corrected chi connectivity index (χ0v) is 18.3. The largest absolute Gasteiger partial charge is 0.444 e. The third-order valence-electron chi connectivity index (χ3n) is 4.63. The molecule has 1 atom stereocenters. The van der Waals surface area contributed by atoms with Crippen LogP contribution in [0, 0.1) is 26.7 Å². The molecule has 29 heavy (non-hydrogen) atoms. The highest BCUT2D eigenvalue weighted by Gasteiger charge is 2.29. The summed E-state index contributed by atoms with van der Waals surface area (Å²) in [6.45, 7) is 14.1. The number of nitrogens with one attached hydrogen (secondary N) is 1. The fraction of sp³-hybridized carbons (Fsp3) is 0.500. The highest BCUT2D eigenvalue weighted by Crippen LogP contribution is 2.29. The predicted octanol–water partition coefficient (Wildman–Crippen LogP) is 4.17. The molecule has 158 valence electrons. The summed E-state index contributed by atoms with van der Waals surface area (Å²) in [5, 5.41) is 3.35. The van der Waals surface area contributed by atoms with E-state index in [2.05, 4.69) is 5.32 Å². The number of rotatable bonds is 4. The van der Waals surface area contributed by atoms with Crippen molar-refractivity contribution in [3.63, 3.8) is 0 Å². The smallest absolute Gasteiger partial charge is 0.408 e. The van der Waals surface area contributed by atoms with Gasteiger partial charge < -0.3 is 19.2 Å². The van der Waals surface area contributed by atoms with Crippen LogP contribution in [0.15, 0.2) is 21.3 Å². The number of amides is 1. The second kappa shape index (κ2) is 8.27. The Morgan fingerprint density at radius 2 is 1.66 bits per heavy atom. The summed E-state index contributed by atoms with van der Waals surface area (Å²) in [6.07, 6.45) is -0.694. The van der Waals surface area contributed by atoms with E-state index in [9.17, 15) is 14.4 Å². The lowest BCUT2D eigenvalue weighted by Crippen LogP contribution is -2.48. The second-order valence-corrected chi connectivity index (χ2v) is 8.49. The normalized spacial score (nSPS) is 12.7. The number of aryl methyl sites for hydroxylation is 2. The van der Waals surface area contributed by atoms with E-state index in [0.29, 0.717) is 16.7 Å². The molecule has 0 radical (unpaired) electrons. The van der Waals surface area contributed by atoms with E-state index in [1.54, 1.807) is 60.6 Å². The van der Waals surface area contributed by atoms with Crippen LogP contribution in [0.5, 0.6) is 5.75 Å². The van der Waals surface area contributed by atoms with E-state index in [1.165, 1.54) is 0 Å². The van der Waals surface area contributed by atoms with Crippen molar-refractivity contribution >= 4 is 23.0 Å². The molecule has 1 heterocycles. The summed E-state index contributed by atoms with van der Waals surface area (Å²) in [7, 11) is 0. The van der Waals surface area contributed by atoms with Gasteiger partial charge in [-0.15, -0.1) is 0 Å². The minimum atomic E-state index is -0.897. The highest BCUT2D eigenvalue weighted by molar-refractivity contribution is 5.88. The molecule has 7 heteroatoms. The molecule has 1 N–H and O–H groups in total. The van der Waals surface area contributed by atoms with Gasteiger partial charge in [0, 0.05) is 16.5 Å². The molecule has 2 rings (SSSR count). The van der Waals surface area contributed by atoms with Crippen molar-refractivity contribution < 1.29 is 23.5 Å². The summed E-state index contributed by atoms with van der Waals surface area (Å²) in [4.78, 5) is 36.9. The third-order valence-corrected chi connectivity index (χ3v) is 4.63. The van der Waals surface area contributed by atoms with Gasteiger partial charge in [-0.05, 0) is 65.2 Å². The molecular formula is C22H29NO6. The maximum Gasteiger partial charge on any atom is 0.408 e. The van der Waals surface area contributed by atoms with E-state index in [1.807, 2.05) is 6.92 Å². The number of carbonyl (C=O) groups excluding carboxylic acids is 2. The molecule has 0 spiro atoms. The molecule has 1 aromatic carbocycles. The Balaban J connectivity index is 2.31. The maximum absolute atomic E-state index is 12.7. The molecule has 0 fully saturated rings. The van der Waals surface area contributed by atoms with Crippen LogP contribution in [0.3, 0.4) is 0 Å². The van der Waals surface area contributed by atoms with Crippen molar-refractivity contribution in [2.75, 3.05) is 0 Å². The van der Waals surface area contributed by atoms with Gasteiger partial charge in [-0.1, -0.05) is 13.8 Å². The summed E-state index contributed by atoms with van der Waals surface area (Å²) >= 11 is 0. The number of benzene rings is 1. The van der Waals surface area contributed by atoms with Crippen LogP contribution in [0.1, 0.15) is 51.3 Å². The minimum Gasteiger partial charge on any atom is -0.444 e. The Labute approximate surface area is 170 Å². The van der Waals surface area contributed by atoms with Crippen molar-refractivity contribution in [2.45, 2.75) is 67.0 Å². The SMILES string of the molecule is Cc1c(C)c2ccc(OC(=O)[C@H](NC(=O)OC(C)(C)C)C(C)C)c(C)c2oc1=O. The monoisotopic (exact) mass is 403 g/mol. The molecule has 0 unspecified atom stereocenters. The van der Waals surface area contributed by atoms with Crippen molar-refractivity contribution in [1.82, 2.24) is 5.32 Å². The predicted molar refractivity (Wildman–Crippen MR) is 110 cm³/mol. The first-order valence-electron chi connectivity index (χ1n) is 9.56. The van der Waals surface area contributed by atoms with Crippen LogP contribution < -0.4 is 15.7 Å². The molecule has 1 amide bonds. The van der Waals surface area contributed by atoms with E-state index in [-0.39, 0.29) is 11.7 Å².